The summed E-state index contributed by atoms with van der Waals surface area (Å²) in [6.45, 7) is 1.06. The maximum absolute atomic E-state index is 13.1. The van der Waals surface area contributed by atoms with Crippen molar-refractivity contribution >= 4 is 44.7 Å². The molecule has 0 saturated carbocycles. The Morgan fingerprint density at radius 2 is 2.03 bits per heavy atom. The quantitative estimate of drug-likeness (QED) is 0.298. The van der Waals surface area contributed by atoms with Crippen molar-refractivity contribution in [2.45, 2.75) is 19.0 Å². The molecule has 3 heterocycles. The molecule has 29 heavy (non-hydrogen) atoms. The van der Waals surface area contributed by atoms with Crippen LogP contribution in [0.2, 0.25) is 0 Å². The lowest BCUT2D eigenvalue weighted by Gasteiger charge is -2.27. The number of ketones is 2. The molecule has 2 atom stereocenters. The van der Waals surface area contributed by atoms with Crippen LogP contribution in [0.1, 0.15) is 27.7 Å². The van der Waals surface area contributed by atoms with Gasteiger partial charge in [-0.1, -0.05) is 34.1 Å². The molecule has 1 aromatic carbocycles. The van der Waals surface area contributed by atoms with Crippen LogP contribution in [-0.2, 0) is 16.1 Å². The monoisotopic (exact) mass is 471 g/mol. The fourth-order valence-corrected chi connectivity index (χ4v) is 4.83. The molecular formula is C21H18BrN3O3S. The number of imidazole rings is 1. The Morgan fingerprint density at radius 3 is 2.72 bits per heavy atom. The molecule has 1 aliphatic heterocycles. The van der Waals surface area contributed by atoms with E-state index in [1.807, 2.05) is 35.0 Å². The van der Waals surface area contributed by atoms with Crippen LogP contribution >= 0.6 is 27.3 Å². The molecule has 0 N–H and O–H groups in total. The number of hydrogen-bond donors (Lipinski definition) is 0. The molecule has 0 spiro atoms. The number of hydrogen-bond acceptors (Lipinski definition) is 5. The highest BCUT2D eigenvalue weighted by Crippen LogP contribution is 2.39. The summed E-state index contributed by atoms with van der Waals surface area (Å²) in [7, 11) is 0. The van der Waals surface area contributed by atoms with Gasteiger partial charge in [-0.3, -0.25) is 14.4 Å². The van der Waals surface area contributed by atoms with Crippen LogP contribution in [0, 0.1) is 5.92 Å². The van der Waals surface area contributed by atoms with Crippen molar-refractivity contribution < 1.29 is 14.4 Å². The van der Waals surface area contributed by atoms with E-state index in [9.17, 15) is 14.4 Å². The third-order valence-electron chi connectivity index (χ3n) is 5.02. The van der Waals surface area contributed by atoms with E-state index in [2.05, 4.69) is 20.9 Å². The minimum atomic E-state index is -1.02. The first kappa shape index (κ1) is 19.7. The van der Waals surface area contributed by atoms with E-state index >= 15 is 0 Å². The molecule has 1 unspecified atom stereocenters. The highest BCUT2D eigenvalue weighted by molar-refractivity contribution is 9.10. The summed E-state index contributed by atoms with van der Waals surface area (Å²) in [5.74, 6) is -2.53. The number of thiophene rings is 1. The largest absolute Gasteiger partial charge is 0.337 e. The topological polar surface area (TPSA) is 72.3 Å². The number of benzene rings is 1. The van der Waals surface area contributed by atoms with Crippen molar-refractivity contribution in [2.24, 2.45) is 5.92 Å². The molecular weight excluding hydrogens is 454 g/mol. The van der Waals surface area contributed by atoms with Crippen LogP contribution in [0.4, 0.5) is 0 Å². The average molecular weight is 472 g/mol. The van der Waals surface area contributed by atoms with Gasteiger partial charge in [0.2, 0.25) is 5.78 Å². The van der Waals surface area contributed by atoms with Crippen molar-refractivity contribution in [3.8, 4) is 0 Å². The molecule has 8 heteroatoms. The second-order valence-corrected chi connectivity index (χ2v) is 8.70. The van der Waals surface area contributed by atoms with Crippen LogP contribution in [-0.4, -0.2) is 38.5 Å². The number of nitrogens with zero attached hydrogens (tertiary/aromatic N) is 3. The SMILES string of the molecule is O=C1C(=O)N(CCCn2ccnc2)[C@H](c2cccc(Br)c2)C1C(=O)c1cccs1. The van der Waals surface area contributed by atoms with Gasteiger partial charge in [0.05, 0.1) is 17.2 Å². The third-order valence-corrected chi connectivity index (χ3v) is 6.39. The Hall–Kier alpha value is -2.58. The minimum absolute atomic E-state index is 0.291. The van der Waals surface area contributed by atoms with Crippen LogP contribution in [0.15, 0.2) is 65.0 Å². The summed E-state index contributed by atoms with van der Waals surface area (Å²) in [5, 5.41) is 1.80. The van der Waals surface area contributed by atoms with Crippen LogP contribution in [0.3, 0.4) is 0 Å². The van der Waals surface area contributed by atoms with Crippen molar-refractivity contribution in [2.75, 3.05) is 6.54 Å². The van der Waals surface area contributed by atoms with Gasteiger partial charge < -0.3 is 9.47 Å². The summed E-state index contributed by atoms with van der Waals surface area (Å²) in [5.41, 5.74) is 0.774. The maximum atomic E-state index is 13.1. The van der Waals surface area contributed by atoms with Crippen molar-refractivity contribution in [1.29, 1.82) is 0 Å². The first-order chi connectivity index (χ1) is 14.1. The lowest BCUT2D eigenvalue weighted by Crippen LogP contribution is -2.32. The molecule has 3 aromatic rings. The first-order valence-corrected chi connectivity index (χ1v) is 10.9. The van der Waals surface area contributed by atoms with Gasteiger partial charge in [-0.05, 0) is 35.6 Å². The number of amides is 1. The van der Waals surface area contributed by atoms with Gasteiger partial charge in [-0.2, -0.15) is 0 Å². The fraction of sp³-hybridized carbons (Fsp3) is 0.238. The molecule has 4 rings (SSSR count). The highest BCUT2D eigenvalue weighted by Gasteiger charge is 2.51. The second kappa shape index (κ2) is 8.42. The zero-order valence-electron chi connectivity index (χ0n) is 15.4. The lowest BCUT2D eigenvalue weighted by atomic mass is 9.88. The summed E-state index contributed by atoms with van der Waals surface area (Å²) in [6, 6.07) is 10.3. The lowest BCUT2D eigenvalue weighted by molar-refractivity contribution is -0.140. The Bertz CT molecular complexity index is 1030. The molecule has 1 aliphatic rings. The normalized spacial score (nSPS) is 19.1. The number of likely N-dealkylation sites (tertiary alicyclic amines) is 1. The average Bonchev–Trinajstić information content (AvgIpc) is 3.46. The molecule has 1 saturated heterocycles. The number of carbonyl (C=O) groups excluding carboxylic acids is 3. The second-order valence-electron chi connectivity index (χ2n) is 6.84. The van der Waals surface area contributed by atoms with E-state index in [0.717, 1.165) is 10.0 Å². The number of rotatable bonds is 7. The number of aromatic nitrogens is 2. The first-order valence-electron chi connectivity index (χ1n) is 9.20. The van der Waals surface area contributed by atoms with Gasteiger partial charge >= 0.3 is 0 Å². The molecule has 0 bridgehead atoms. The molecule has 2 aromatic heterocycles. The van der Waals surface area contributed by atoms with E-state index in [1.165, 1.54) is 11.3 Å². The van der Waals surface area contributed by atoms with E-state index in [4.69, 9.17) is 0 Å². The molecule has 148 valence electrons. The van der Waals surface area contributed by atoms with Crippen LogP contribution in [0.25, 0.3) is 0 Å². The van der Waals surface area contributed by atoms with E-state index in [1.54, 1.807) is 34.9 Å². The summed E-state index contributed by atoms with van der Waals surface area (Å²) < 4.78 is 2.76. The Labute approximate surface area is 180 Å². The number of carbonyl (C=O) groups is 3. The molecule has 0 radical (unpaired) electrons. The van der Waals surface area contributed by atoms with Gasteiger partial charge in [0, 0.05) is 30.0 Å². The summed E-state index contributed by atoms with van der Waals surface area (Å²) in [6.07, 6.45) is 5.92. The molecule has 6 nitrogen and oxygen atoms in total. The van der Waals surface area contributed by atoms with Crippen molar-refractivity contribution in [3.63, 3.8) is 0 Å². The van der Waals surface area contributed by atoms with Gasteiger partial charge in [-0.15, -0.1) is 11.3 Å². The number of halogens is 1. The van der Waals surface area contributed by atoms with Gasteiger partial charge in [0.1, 0.15) is 5.92 Å². The molecule has 1 amide bonds. The molecule has 0 aliphatic carbocycles. The van der Waals surface area contributed by atoms with Crippen LogP contribution < -0.4 is 0 Å². The summed E-state index contributed by atoms with van der Waals surface area (Å²) in [4.78, 5) is 44.9. The zero-order chi connectivity index (χ0) is 20.4. The Morgan fingerprint density at radius 1 is 1.17 bits per heavy atom. The molecule has 1 fully saturated rings. The van der Waals surface area contributed by atoms with Crippen molar-refractivity contribution in [1.82, 2.24) is 14.5 Å². The van der Waals surface area contributed by atoms with Gasteiger partial charge in [-0.25, -0.2) is 4.98 Å². The van der Waals surface area contributed by atoms with Crippen LogP contribution in [0.5, 0.6) is 0 Å². The number of Topliss-reactive ketones (excluding diaryl/α,β-unsaturated/α-hetero) is 2. The van der Waals surface area contributed by atoms with E-state index < -0.39 is 23.7 Å². The maximum Gasteiger partial charge on any atom is 0.291 e. The minimum Gasteiger partial charge on any atom is -0.337 e. The standard InChI is InChI=1S/C21H18BrN3O3S/c22-15-5-1-4-14(12-15)18-17(19(26)16-6-2-11-29-16)20(27)21(28)25(18)9-3-8-24-10-7-23-13-24/h1-2,4-7,10-13,17-18H,3,8-9H2/t17?,18-/m1/s1. The predicted molar refractivity (Wildman–Crippen MR) is 113 cm³/mol. The van der Waals surface area contributed by atoms with Gasteiger partial charge in [0.15, 0.2) is 5.78 Å². The smallest absolute Gasteiger partial charge is 0.291 e. The van der Waals surface area contributed by atoms with Gasteiger partial charge in [0.25, 0.3) is 5.91 Å². The Kier molecular flexibility index (Phi) is 5.73. The fourth-order valence-electron chi connectivity index (χ4n) is 3.70. The highest BCUT2D eigenvalue weighted by atomic mass is 79.9. The van der Waals surface area contributed by atoms with E-state index in [-0.39, 0.29) is 5.78 Å². The summed E-state index contributed by atoms with van der Waals surface area (Å²) >= 11 is 4.74. The van der Waals surface area contributed by atoms with E-state index in [0.29, 0.717) is 24.4 Å². The zero-order valence-corrected chi connectivity index (χ0v) is 17.8. The third kappa shape index (κ3) is 3.95. The number of aryl methyl sites for hydroxylation is 1. The Balaban J connectivity index is 1.65. The predicted octanol–water partition coefficient (Wildman–Crippen LogP) is 3.75. The van der Waals surface area contributed by atoms with Crippen molar-refractivity contribution in [3.05, 3.63) is 75.4 Å².